The second-order valence-electron chi connectivity index (χ2n) is 7.14. The highest BCUT2D eigenvalue weighted by Crippen LogP contribution is 2.39. The number of nitrogens with zero attached hydrogens (tertiary/aromatic N) is 1. The zero-order valence-corrected chi connectivity index (χ0v) is 17.2. The molecule has 0 bridgehead atoms. The van der Waals surface area contributed by atoms with Crippen LogP contribution in [-0.4, -0.2) is 30.4 Å². The zero-order valence-electron chi connectivity index (χ0n) is 16.4. The van der Waals surface area contributed by atoms with E-state index in [2.05, 4.69) is 10.6 Å². The van der Waals surface area contributed by atoms with E-state index in [1.54, 1.807) is 7.11 Å². The molecule has 30 heavy (non-hydrogen) atoms. The third-order valence-electron chi connectivity index (χ3n) is 5.30. The van der Waals surface area contributed by atoms with Gasteiger partial charge in [-0.3, -0.25) is 19.7 Å². The molecular weight excluding hydrogens is 410 g/mol. The third kappa shape index (κ3) is 4.54. The number of halogens is 1. The molecule has 9 heteroatoms. The highest BCUT2D eigenvalue weighted by Gasteiger charge is 2.37. The maximum absolute atomic E-state index is 12.6. The molecule has 0 aromatic heterocycles. The number of amides is 2. The van der Waals surface area contributed by atoms with Crippen LogP contribution in [0.15, 0.2) is 42.5 Å². The van der Waals surface area contributed by atoms with Crippen molar-refractivity contribution in [1.82, 2.24) is 10.6 Å². The van der Waals surface area contributed by atoms with Crippen LogP contribution >= 0.6 is 11.6 Å². The Labute approximate surface area is 178 Å². The van der Waals surface area contributed by atoms with Gasteiger partial charge in [0.2, 0.25) is 5.91 Å². The van der Waals surface area contributed by atoms with E-state index in [0.29, 0.717) is 0 Å². The van der Waals surface area contributed by atoms with E-state index >= 15 is 0 Å². The summed E-state index contributed by atoms with van der Waals surface area (Å²) in [5, 5.41) is 16.6. The quantitative estimate of drug-likeness (QED) is 0.514. The van der Waals surface area contributed by atoms with Gasteiger partial charge in [-0.15, -0.1) is 0 Å². The van der Waals surface area contributed by atoms with Crippen LogP contribution in [0.3, 0.4) is 0 Å². The topological polar surface area (TPSA) is 111 Å². The van der Waals surface area contributed by atoms with Crippen LogP contribution in [0.4, 0.5) is 5.69 Å². The van der Waals surface area contributed by atoms with Gasteiger partial charge in [0, 0.05) is 6.07 Å². The summed E-state index contributed by atoms with van der Waals surface area (Å²) in [6, 6.07) is 11.5. The number of carbonyl (C=O) groups is 2. The minimum atomic E-state index is -0.771. The van der Waals surface area contributed by atoms with Gasteiger partial charge in [-0.25, -0.2) is 0 Å². The highest BCUT2D eigenvalue weighted by molar-refractivity contribution is 6.34. The largest absolute Gasteiger partial charge is 0.497 e. The molecule has 0 atom stereocenters. The summed E-state index contributed by atoms with van der Waals surface area (Å²) < 4.78 is 5.20. The number of nitro benzene ring substituents is 1. The van der Waals surface area contributed by atoms with Gasteiger partial charge in [0.25, 0.3) is 11.6 Å². The van der Waals surface area contributed by atoms with Crippen molar-refractivity contribution in [2.24, 2.45) is 0 Å². The lowest BCUT2D eigenvalue weighted by Gasteiger charge is -2.31. The summed E-state index contributed by atoms with van der Waals surface area (Å²) in [5.41, 5.74) is -0.208. The van der Waals surface area contributed by atoms with Crippen LogP contribution in [0.5, 0.6) is 5.75 Å². The second-order valence-corrected chi connectivity index (χ2v) is 7.55. The lowest BCUT2D eigenvalue weighted by Crippen LogP contribution is -2.48. The van der Waals surface area contributed by atoms with E-state index in [-0.39, 0.29) is 23.0 Å². The van der Waals surface area contributed by atoms with E-state index in [4.69, 9.17) is 16.3 Å². The number of hydrogen-bond donors (Lipinski definition) is 2. The Morgan fingerprint density at radius 2 is 1.83 bits per heavy atom. The Bertz CT molecular complexity index is 956. The van der Waals surface area contributed by atoms with Crippen LogP contribution in [0, 0.1) is 10.1 Å². The lowest BCUT2D eigenvalue weighted by molar-refractivity contribution is -0.385. The second kappa shape index (κ2) is 9.13. The van der Waals surface area contributed by atoms with E-state index in [1.165, 1.54) is 18.2 Å². The van der Waals surface area contributed by atoms with E-state index < -0.39 is 22.1 Å². The Kier molecular flexibility index (Phi) is 6.56. The molecule has 1 aliphatic carbocycles. The van der Waals surface area contributed by atoms with Gasteiger partial charge in [0.05, 0.1) is 29.1 Å². The van der Waals surface area contributed by atoms with Crippen LogP contribution in [0.2, 0.25) is 5.02 Å². The van der Waals surface area contributed by atoms with Gasteiger partial charge in [-0.2, -0.15) is 0 Å². The molecule has 0 radical (unpaired) electrons. The molecule has 158 valence electrons. The van der Waals surface area contributed by atoms with Crippen LogP contribution in [0.25, 0.3) is 0 Å². The number of methoxy groups -OCH3 is 1. The molecule has 1 saturated carbocycles. The van der Waals surface area contributed by atoms with Gasteiger partial charge >= 0.3 is 0 Å². The first-order chi connectivity index (χ1) is 14.4. The number of benzene rings is 2. The molecule has 1 fully saturated rings. The van der Waals surface area contributed by atoms with Gasteiger partial charge in [0.15, 0.2) is 0 Å². The van der Waals surface area contributed by atoms with Crippen molar-refractivity contribution in [1.29, 1.82) is 0 Å². The van der Waals surface area contributed by atoms with Crippen LogP contribution in [0.1, 0.15) is 41.6 Å². The predicted molar refractivity (Wildman–Crippen MR) is 112 cm³/mol. The van der Waals surface area contributed by atoms with E-state index in [1.807, 2.05) is 24.3 Å². The SMILES string of the molecule is COc1ccc(C2(NC(=O)CNC(=O)c3c(Cl)cccc3[N+](=O)[O-])CCCC2)cc1. The number of ether oxygens (including phenoxy) is 1. The molecular formula is C21H22ClN3O5. The van der Waals surface area contributed by atoms with Crippen molar-refractivity contribution in [2.75, 3.05) is 13.7 Å². The van der Waals surface area contributed by atoms with Crippen LogP contribution in [-0.2, 0) is 10.3 Å². The molecule has 3 rings (SSSR count). The summed E-state index contributed by atoms with van der Waals surface area (Å²) in [6.45, 7) is -0.320. The average Bonchev–Trinajstić information content (AvgIpc) is 3.21. The Balaban J connectivity index is 1.70. The molecule has 0 spiro atoms. The number of carbonyl (C=O) groups excluding carboxylic acids is 2. The van der Waals surface area contributed by atoms with Gasteiger partial charge in [-0.1, -0.05) is 42.6 Å². The molecule has 0 aliphatic heterocycles. The maximum atomic E-state index is 12.6. The first kappa shape index (κ1) is 21.6. The third-order valence-corrected chi connectivity index (χ3v) is 5.62. The fraction of sp³-hybridized carbons (Fsp3) is 0.333. The summed E-state index contributed by atoms with van der Waals surface area (Å²) in [6.07, 6.45) is 3.53. The lowest BCUT2D eigenvalue weighted by atomic mass is 9.88. The number of nitrogens with one attached hydrogen (secondary N) is 2. The Hall–Kier alpha value is -3.13. The fourth-order valence-electron chi connectivity index (χ4n) is 3.82. The van der Waals surface area contributed by atoms with Crippen molar-refractivity contribution >= 4 is 29.1 Å². The molecule has 2 aromatic carbocycles. The smallest absolute Gasteiger partial charge is 0.283 e. The zero-order chi connectivity index (χ0) is 21.7. The van der Waals surface area contributed by atoms with Gasteiger partial charge in [-0.05, 0) is 36.6 Å². The normalized spacial score (nSPS) is 14.7. The molecule has 0 heterocycles. The van der Waals surface area contributed by atoms with Gasteiger partial charge < -0.3 is 15.4 Å². The molecule has 2 aromatic rings. The van der Waals surface area contributed by atoms with Crippen molar-refractivity contribution in [3.8, 4) is 5.75 Å². The van der Waals surface area contributed by atoms with E-state index in [9.17, 15) is 19.7 Å². The predicted octanol–water partition coefficient (Wildman–Crippen LogP) is 3.57. The minimum Gasteiger partial charge on any atom is -0.497 e. The monoisotopic (exact) mass is 431 g/mol. The molecule has 0 saturated heterocycles. The summed E-state index contributed by atoms with van der Waals surface area (Å²) in [7, 11) is 1.59. The summed E-state index contributed by atoms with van der Waals surface area (Å²) in [5.74, 6) is -0.421. The first-order valence-corrected chi connectivity index (χ1v) is 9.91. The standard InChI is InChI=1S/C21H22ClN3O5/c1-30-15-9-7-14(8-10-15)21(11-2-3-12-21)24-18(26)13-23-20(27)19-16(22)5-4-6-17(19)25(28)29/h4-10H,2-3,11-13H2,1H3,(H,23,27)(H,24,26). The number of nitro groups is 1. The Morgan fingerprint density at radius 1 is 1.17 bits per heavy atom. The van der Waals surface area contributed by atoms with Crippen molar-refractivity contribution < 1.29 is 19.2 Å². The number of rotatable bonds is 7. The summed E-state index contributed by atoms with van der Waals surface area (Å²) >= 11 is 5.97. The highest BCUT2D eigenvalue weighted by atomic mass is 35.5. The van der Waals surface area contributed by atoms with Gasteiger partial charge in [0.1, 0.15) is 11.3 Å². The molecule has 2 N–H and O–H groups in total. The van der Waals surface area contributed by atoms with Crippen molar-refractivity contribution in [2.45, 2.75) is 31.2 Å². The average molecular weight is 432 g/mol. The first-order valence-electron chi connectivity index (χ1n) is 9.53. The molecule has 1 aliphatic rings. The molecule has 0 unspecified atom stereocenters. The molecule has 2 amide bonds. The fourth-order valence-corrected chi connectivity index (χ4v) is 4.08. The Morgan fingerprint density at radius 3 is 2.43 bits per heavy atom. The van der Waals surface area contributed by atoms with Crippen LogP contribution < -0.4 is 15.4 Å². The van der Waals surface area contributed by atoms with Crippen molar-refractivity contribution in [3.63, 3.8) is 0 Å². The van der Waals surface area contributed by atoms with Crippen molar-refractivity contribution in [3.05, 3.63) is 68.7 Å². The maximum Gasteiger partial charge on any atom is 0.283 e. The molecule has 8 nitrogen and oxygen atoms in total. The minimum absolute atomic E-state index is 0.0485. The number of hydrogen-bond acceptors (Lipinski definition) is 5. The van der Waals surface area contributed by atoms with E-state index in [0.717, 1.165) is 37.0 Å². The summed E-state index contributed by atoms with van der Waals surface area (Å²) in [4.78, 5) is 35.6.